The number of rotatable bonds is 2. The first kappa shape index (κ1) is 10.7. The van der Waals surface area contributed by atoms with Crippen molar-refractivity contribution in [2.45, 2.75) is 25.8 Å². The highest BCUT2D eigenvalue weighted by molar-refractivity contribution is 9.10. The highest BCUT2D eigenvalue weighted by Gasteiger charge is 2.15. The van der Waals surface area contributed by atoms with Crippen molar-refractivity contribution >= 4 is 15.9 Å². The Labute approximate surface area is 86.3 Å². The van der Waals surface area contributed by atoms with E-state index in [4.69, 9.17) is 5.73 Å². The van der Waals surface area contributed by atoms with Crippen LogP contribution in [0.2, 0.25) is 0 Å². The van der Waals surface area contributed by atoms with E-state index in [0.29, 0.717) is 16.5 Å². The Balaban J connectivity index is 2.96. The Hall–Kier alpha value is -0.410. The topological polar surface area (TPSA) is 26.0 Å². The van der Waals surface area contributed by atoms with Gasteiger partial charge in [0.05, 0.1) is 4.47 Å². The number of hydrogen-bond acceptors (Lipinski definition) is 1. The van der Waals surface area contributed by atoms with Crippen LogP contribution in [-0.2, 0) is 6.42 Å². The predicted octanol–water partition coefficient (Wildman–Crippen LogP) is 2.87. The normalized spacial score (nSPS) is 11.8. The quantitative estimate of drug-likeness (QED) is 0.853. The van der Waals surface area contributed by atoms with Gasteiger partial charge in [-0.15, -0.1) is 0 Å². The van der Waals surface area contributed by atoms with Crippen LogP contribution < -0.4 is 5.73 Å². The molecular weight excluding hydrogens is 233 g/mol. The SMILES string of the molecule is CC(C)(N)Cc1cccc(Br)c1F. The third-order valence-electron chi connectivity index (χ3n) is 1.68. The lowest BCUT2D eigenvalue weighted by Gasteiger charge is -2.18. The van der Waals surface area contributed by atoms with Gasteiger partial charge in [-0.05, 0) is 47.8 Å². The number of hydrogen-bond donors (Lipinski definition) is 1. The zero-order valence-electron chi connectivity index (χ0n) is 7.77. The van der Waals surface area contributed by atoms with E-state index in [-0.39, 0.29) is 11.4 Å². The van der Waals surface area contributed by atoms with Crippen molar-refractivity contribution in [3.05, 3.63) is 34.1 Å². The zero-order valence-corrected chi connectivity index (χ0v) is 9.36. The molecule has 1 nitrogen and oxygen atoms in total. The van der Waals surface area contributed by atoms with E-state index in [1.54, 1.807) is 12.1 Å². The van der Waals surface area contributed by atoms with Crippen LogP contribution in [0.1, 0.15) is 19.4 Å². The maximum atomic E-state index is 13.4. The zero-order chi connectivity index (χ0) is 10.1. The average Bonchev–Trinajstić information content (AvgIpc) is 1.96. The third-order valence-corrected chi connectivity index (χ3v) is 2.29. The molecule has 0 aliphatic rings. The molecule has 13 heavy (non-hydrogen) atoms. The Morgan fingerprint density at radius 3 is 2.62 bits per heavy atom. The summed E-state index contributed by atoms with van der Waals surface area (Å²) in [5, 5.41) is 0. The van der Waals surface area contributed by atoms with Gasteiger partial charge in [-0.2, -0.15) is 0 Å². The molecule has 1 rings (SSSR count). The first-order chi connectivity index (χ1) is 5.90. The van der Waals surface area contributed by atoms with Crippen molar-refractivity contribution in [2.75, 3.05) is 0 Å². The van der Waals surface area contributed by atoms with Gasteiger partial charge in [-0.25, -0.2) is 4.39 Å². The summed E-state index contributed by atoms with van der Waals surface area (Å²) >= 11 is 3.14. The molecule has 3 heteroatoms. The lowest BCUT2D eigenvalue weighted by atomic mass is 9.96. The number of nitrogens with two attached hydrogens (primary N) is 1. The second-order valence-electron chi connectivity index (χ2n) is 3.88. The van der Waals surface area contributed by atoms with Gasteiger partial charge in [-0.1, -0.05) is 12.1 Å². The molecule has 0 aromatic heterocycles. The van der Waals surface area contributed by atoms with Gasteiger partial charge < -0.3 is 5.73 Å². The summed E-state index contributed by atoms with van der Waals surface area (Å²) < 4.78 is 13.9. The minimum atomic E-state index is -0.373. The highest BCUT2D eigenvalue weighted by Crippen LogP contribution is 2.21. The molecule has 72 valence electrons. The van der Waals surface area contributed by atoms with Gasteiger partial charge in [0.2, 0.25) is 0 Å². The lowest BCUT2D eigenvalue weighted by molar-refractivity contribution is 0.496. The van der Waals surface area contributed by atoms with E-state index in [0.717, 1.165) is 0 Å². The average molecular weight is 246 g/mol. The van der Waals surface area contributed by atoms with Gasteiger partial charge in [-0.3, -0.25) is 0 Å². The summed E-state index contributed by atoms with van der Waals surface area (Å²) in [5.41, 5.74) is 6.09. The Morgan fingerprint density at radius 2 is 2.08 bits per heavy atom. The molecule has 0 aliphatic carbocycles. The number of halogens is 2. The largest absolute Gasteiger partial charge is 0.325 e. The summed E-state index contributed by atoms with van der Waals surface area (Å²) in [5.74, 6) is -0.207. The molecule has 0 spiro atoms. The molecule has 1 aromatic rings. The van der Waals surface area contributed by atoms with Crippen molar-refractivity contribution in [3.8, 4) is 0 Å². The van der Waals surface area contributed by atoms with Crippen LogP contribution in [0.15, 0.2) is 22.7 Å². The van der Waals surface area contributed by atoms with E-state index in [1.165, 1.54) is 0 Å². The van der Waals surface area contributed by atoms with E-state index >= 15 is 0 Å². The lowest BCUT2D eigenvalue weighted by Crippen LogP contribution is -2.34. The second-order valence-corrected chi connectivity index (χ2v) is 4.73. The molecule has 1 aromatic carbocycles. The standard InChI is InChI=1S/C10H13BrFN/c1-10(2,13)6-7-4-3-5-8(11)9(7)12/h3-5H,6,13H2,1-2H3. The molecule has 0 unspecified atom stereocenters. The van der Waals surface area contributed by atoms with E-state index in [9.17, 15) is 4.39 Å². The summed E-state index contributed by atoms with van der Waals surface area (Å²) in [7, 11) is 0. The van der Waals surface area contributed by atoms with Gasteiger partial charge in [0.25, 0.3) is 0 Å². The van der Waals surface area contributed by atoms with Crippen molar-refractivity contribution < 1.29 is 4.39 Å². The van der Waals surface area contributed by atoms with Crippen molar-refractivity contribution in [2.24, 2.45) is 5.73 Å². The van der Waals surface area contributed by atoms with Crippen molar-refractivity contribution in [1.82, 2.24) is 0 Å². The summed E-state index contributed by atoms with van der Waals surface area (Å²) in [4.78, 5) is 0. The summed E-state index contributed by atoms with van der Waals surface area (Å²) in [6, 6.07) is 5.26. The Morgan fingerprint density at radius 1 is 1.46 bits per heavy atom. The van der Waals surface area contributed by atoms with Crippen molar-refractivity contribution in [3.63, 3.8) is 0 Å². The van der Waals surface area contributed by atoms with Crippen LogP contribution >= 0.6 is 15.9 Å². The van der Waals surface area contributed by atoms with Crippen LogP contribution in [0.5, 0.6) is 0 Å². The first-order valence-corrected chi connectivity index (χ1v) is 4.91. The van der Waals surface area contributed by atoms with E-state index < -0.39 is 0 Å². The first-order valence-electron chi connectivity index (χ1n) is 4.12. The molecule has 0 aliphatic heterocycles. The third kappa shape index (κ3) is 3.08. The van der Waals surface area contributed by atoms with Crippen LogP contribution in [0.25, 0.3) is 0 Å². The predicted molar refractivity (Wildman–Crippen MR) is 56.1 cm³/mol. The highest BCUT2D eigenvalue weighted by atomic mass is 79.9. The van der Waals surface area contributed by atoms with Crippen molar-refractivity contribution in [1.29, 1.82) is 0 Å². The van der Waals surface area contributed by atoms with Crippen LogP contribution in [0.3, 0.4) is 0 Å². The minimum Gasteiger partial charge on any atom is -0.325 e. The minimum absolute atomic E-state index is 0.207. The smallest absolute Gasteiger partial charge is 0.140 e. The summed E-state index contributed by atoms with van der Waals surface area (Å²) in [6.07, 6.45) is 0.540. The molecular formula is C10H13BrFN. The Kier molecular flexibility index (Phi) is 3.09. The maximum absolute atomic E-state index is 13.4. The maximum Gasteiger partial charge on any atom is 0.140 e. The van der Waals surface area contributed by atoms with E-state index in [1.807, 2.05) is 19.9 Å². The molecule has 0 amide bonds. The molecule has 0 radical (unpaired) electrons. The van der Waals surface area contributed by atoms with Gasteiger partial charge in [0, 0.05) is 5.54 Å². The molecule has 0 fully saturated rings. The van der Waals surface area contributed by atoms with Crippen LogP contribution in [-0.4, -0.2) is 5.54 Å². The van der Waals surface area contributed by atoms with E-state index in [2.05, 4.69) is 15.9 Å². The van der Waals surface area contributed by atoms with Crippen LogP contribution in [0.4, 0.5) is 4.39 Å². The summed E-state index contributed by atoms with van der Waals surface area (Å²) in [6.45, 7) is 3.76. The molecule has 0 saturated heterocycles. The van der Waals surface area contributed by atoms with Crippen LogP contribution in [0, 0.1) is 5.82 Å². The fourth-order valence-electron chi connectivity index (χ4n) is 1.18. The fraction of sp³-hybridized carbons (Fsp3) is 0.400. The van der Waals surface area contributed by atoms with Gasteiger partial charge in [0.15, 0.2) is 0 Å². The fourth-order valence-corrected chi connectivity index (χ4v) is 1.58. The second kappa shape index (κ2) is 3.76. The van der Waals surface area contributed by atoms with Gasteiger partial charge in [0.1, 0.15) is 5.82 Å². The molecule has 0 bridgehead atoms. The van der Waals surface area contributed by atoms with Gasteiger partial charge >= 0.3 is 0 Å². The number of benzene rings is 1. The molecule has 0 saturated carbocycles. The Bertz CT molecular complexity index is 304. The molecule has 0 atom stereocenters. The molecule has 2 N–H and O–H groups in total. The monoisotopic (exact) mass is 245 g/mol. The molecule has 0 heterocycles.